The standard InChI is InChI=1S/C24H23NO4S/c26-24(19-11-13-21(14-12-19)29-20-7-3-1-4-8-20)25-17-15-23(16-18-25)30(27,28)22-9-5-2-6-10-22/h1-14,23H,15-18H2. The van der Waals surface area contributed by atoms with Crippen molar-refractivity contribution in [3.63, 3.8) is 0 Å². The van der Waals surface area contributed by atoms with Gasteiger partial charge in [0, 0.05) is 18.7 Å². The van der Waals surface area contributed by atoms with E-state index in [1.54, 1.807) is 59.5 Å². The first-order valence-corrected chi connectivity index (χ1v) is 11.5. The molecule has 3 aromatic rings. The molecule has 1 aliphatic heterocycles. The van der Waals surface area contributed by atoms with Crippen LogP contribution >= 0.6 is 0 Å². The van der Waals surface area contributed by atoms with Crippen LogP contribution in [0.3, 0.4) is 0 Å². The zero-order valence-electron chi connectivity index (χ0n) is 16.5. The number of ether oxygens (including phenoxy) is 1. The summed E-state index contributed by atoms with van der Waals surface area (Å²) >= 11 is 0. The maximum absolute atomic E-state index is 12.8. The Balaban J connectivity index is 1.37. The Morgan fingerprint density at radius 2 is 1.30 bits per heavy atom. The molecule has 4 rings (SSSR count). The molecule has 0 spiro atoms. The Labute approximate surface area is 176 Å². The summed E-state index contributed by atoms with van der Waals surface area (Å²) in [6.07, 6.45) is 0.885. The van der Waals surface area contributed by atoms with Gasteiger partial charge in [0.05, 0.1) is 10.1 Å². The number of para-hydroxylation sites is 1. The molecule has 0 N–H and O–H groups in total. The van der Waals surface area contributed by atoms with Crippen molar-refractivity contribution < 1.29 is 17.9 Å². The van der Waals surface area contributed by atoms with Crippen molar-refractivity contribution in [2.45, 2.75) is 23.0 Å². The third-order valence-corrected chi connectivity index (χ3v) is 7.60. The second-order valence-corrected chi connectivity index (χ2v) is 9.52. The minimum Gasteiger partial charge on any atom is -0.457 e. The average Bonchev–Trinajstić information content (AvgIpc) is 2.80. The van der Waals surface area contributed by atoms with Crippen molar-refractivity contribution in [2.24, 2.45) is 0 Å². The van der Waals surface area contributed by atoms with E-state index in [4.69, 9.17) is 4.74 Å². The molecule has 0 saturated carbocycles. The predicted molar refractivity (Wildman–Crippen MR) is 116 cm³/mol. The van der Waals surface area contributed by atoms with Crippen molar-refractivity contribution >= 4 is 15.7 Å². The van der Waals surface area contributed by atoms with Crippen LogP contribution in [0.1, 0.15) is 23.2 Å². The summed E-state index contributed by atoms with van der Waals surface area (Å²) in [7, 11) is -3.37. The summed E-state index contributed by atoms with van der Waals surface area (Å²) in [5.41, 5.74) is 0.569. The molecule has 1 fully saturated rings. The molecule has 5 nitrogen and oxygen atoms in total. The van der Waals surface area contributed by atoms with E-state index in [1.165, 1.54) is 0 Å². The fourth-order valence-corrected chi connectivity index (χ4v) is 5.40. The summed E-state index contributed by atoms with van der Waals surface area (Å²) in [5, 5.41) is -0.453. The van der Waals surface area contributed by atoms with E-state index in [9.17, 15) is 13.2 Å². The Kier molecular flexibility index (Phi) is 5.86. The first-order valence-electron chi connectivity index (χ1n) is 9.95. The Morgan fingerprint density at radius 3 is 1.90 bits per heavy atom. The van der Waals surface area contributed by atoms with E-state index < -0.39 is 15.1 Å². The molecule has 154 valence electrons. The average molecular weight is 422 g/mol. The first-order chi connectivity index (χ1) is 14.5. The van der Waals surface area contributed by atoms with Crippen LogP contribution in [0.25, 0.3) is 0 Å². The Morgan fingerprint density at radius 1 is 0.767 bits per heavy atom. The zero-order valence-corrected chi connectivity index (χ0v) is 17.3. The fourth-order valence-electron chi connectivity index (χ4n) is 3.64. The van der Waals surface area contributed by atoms with Gasteiger partial charge in [-0.1, -0.05) is 36.4 Å². The van der Waals surface area contributed by atoms with Gasteiger partial charge in [0.25, 0.3) is 5.91 Å². The molecule has 6 heteroatoms. The second-order valence-electron chi connectivity index (χ2n) is 7.29. The van der Waals surface area contributed by atoms with Crippen molar-refractivity contribution in [1.29, 1.82) is 0 Å². The third kappa shape index (κ3) is 4.39. The normalized spacial score (nSPS) is 15.0. The van der Waals surface area contributed by atoms with Crippen LogP contribution in [0.5, 0.6) is 11.5 Å². The summed E-state index contributed by atoms with van der Waals surface area (Å²) in [4.78, 5) is 14.9. The number of benzene rings is 3. The predicted octanol–water partition coefficient (Wildman–Crippen LogP) is 4.56. The fraction of sp³-hybridized carbons (Fsp3) is 0.208. The number of piperidine rings is 1. The number of rotatable bonds is 5. The van der Waals surface area contributed by atoms with Gasteiger partial charge in [-0.2, -0.15) is 0 Å². The highest BCUT2D eigenvalue weighted by Crippen LogP contribution is 2.26. The quantitative estimate of drug-likeness (QED) is 0.606. The maximum Gasteiger partial charge on any atom is 0.253 e. The number of hydrogen-bond donors (Lipinski definition) is 0. The van der Waals surface area contributed by atoms with Gasteiger partial charge in [0.2, 0.25) is 0 Å². The number of nitrogens with zero attached hydrogens (tertiary/aromatic N) is 1. The number of carbonyl (C=O) groups excluding carboxylic acids is 1. The monoisotopic (exact) mass is 421 g/mol. The van der Waals surface area contributed by atoms with Gasteiger partial charge in [-0.05, 0) is 61.4 Å². The highest BCUT2D eigenvalue weighted by molar-refractivity contribution is 7.92. The molecular weight excluding hydrogens is 398 g/mol. The van der Waals surface area contributed by atoms with Gasteiger partial charge in [-0.3, -0.25) is 4.79 Å². The van der Waals surface area contributed by atoms with Crippen LogP contribution in [0.2, 0.25) is 0 Å². The molecule has 0 unspecified atom stereocenters. The van der Waals surface area contributed by atoms with Crippen molar-refractivity contribution in [3.05, 3.63) is 90.5 Å². The van der Waals surface area contributed by atoms with Gasteiger partial charge in [-0.15, -0.1) is 0 Å². The number of amides is 1. The van der Waals surface area contributed by atoms with E-state index in [0.29, 0.717) is 42.1 Å². The minimum atomic E-state index is -3.37. The Bertz CT molecular complexity index is 1090. The summed E-state index contributed by atoms with van der Waals surface area (Å²) in [6, 6.07) is 25.0. The molecule has 0 atom stereocenters. The van der Waals surface area contributed by atoms with Crippen LogP contribution in [0.4, 0.5) is 0 Å². The van der Waals surface area contributed by atoms with Gasteiger partial charge >= 0.3 is 0 Å². The molecule has 30 heavy (non-hydrogen) atoms. The van der Waals surface area contributed by atoms with Crippen molar-refractivity contribution in [3.8, 4) is 11.5 Å². The van der Waals surface area contributed by atoms with Crippen LogP contribution in [0.15, 0.2) is 89.8 Å². The van der Waals surface area contributed by atoms with Gasteiger partial charge < -0.3 is 9.64 Å². The third-order valence-electron chi connectivity index (χ3n) is 5.32. The lowest BCUT2D eigenvalue weighted by Crippen LogP contribution is -2.42. The largest absolute Gasteiger partial charge is 0.457 e. The Hall–Kier alpha value is -3.12. The summed E-state index contributed by atoms with van der Waals surface area (Å²) in [5.74, 6) is 1.31. The minimum absolute atomic E-state index is 0.0863. The van der Waals surface area contributed by atoms with E-state index in [-0.39, 0.29) is 5.91 Å². The highest BCUT2D eigenvalue weighted by atomic mass is 32.2. The molecule has 0 aliphatic carbocycles. The van der Waals surface area contributed by atoms with E-state index in [1.807, 2.05) is 30.3 Å². The number of hydrogen-bond acceptors (Lipinski definition) is 4. The molecule has 1 heterocycles. The highest BCUT2D eigenvalue weighted by Gasteiger charge is 2.32. The summed E-state index contributed by atoms with van der Waals surface area (Å²) < 4.78 is 31.4. The molecular formula is C24H23NO4S. The smallest absolute Gasteiger partial charge is 0.253 e. The van der Waals surface area contributed by atoms with Crippen molar-refractivity contribution in [1.82, 2.24) is 4.90 Å². The van der Waals surface area contributed by atoms with Crippen LogP contribution < -0.4 is 4.74 Å². The topological polar surface area (TPSA) is 63.7 Å². The van der Waals surface area contributed by atoms with E-state index in [0.717, 1.165) is 5.75 Å². The molecule has 0 bridgehead atoms. The lowest BCUT2D eigenvalue weighted by Gasteiger charge is -2.31. The number of sulfone groups is 1. The lowest BCUT2D eigenvalue weighted by molar-refractivity contribution is 0.0725. The van der Waals surface area contributed by atoms with E-state index in [2.05, 4.69) is 0 Å². The number of likely N-dealkylation sites (tertiary alicyclic amines) is 1. The van der Waals surface area contributed by atoms with Crippen LogP contribution in [-0.4, -0.2) is 37.6 Å². The molecule has 1 aliphatic rings. The van der Waals surface area contributed by atoms with Crippen LogP contribution in [-0.2, 0) is 9.84 Å². The number of carbonyl (C=O) groups is 1. The molecule has 1 amide bonds. The maximum atomic E-state index is 12.8. The van der Waals surface area contributed by atoms with Crippen molar-refractivity contribution in [2.75, 3.05) is 13.1 Å². The molecule has 1 saturated heterocycles. The molecule has 0 radical (unpaired) electrons. The first kappa shape index (κ1) is 20.2. The van der Waals surface area contributed by atoms with Gasteiger partial charge in [0.15, 0.2) is 9.84 Å². The van der Waals surface area contributed by atoms with Crippen LogP contribution in [0, 0.1) is 0 Å². The zero-order chi connectivity index (χ0) is 21.0. The molecule has 0 aromatic heterocycles. The summed E-state index contributed by atoms with van der Waals surface area (Å²) in [6.45, 7) is 0.857. The second kappa shape index (κ2) is 8.71. The van der Waals surface area contributed by atoms with E-state index >= 15 is 0 Å². The molecule has 3 aromatic carbocycles. The SMILES string of the molecule is O=C(c1ccc(Oc2ccccc2)cc1)N1CCC(S(=O)(=O)c2ccccc2)CC1. The van der Waals surface area contributed by atoms with Gasteiger partial charge in [-0.25, -0.2) is 8.42 Å². The lowest BCUT2D eigenvalue weighted by atomic mass is 10.1. The van der Waals surface area contributed by atoms with Gasteiger partial charge in [0.1, 0.15) is 11.5 Å².